The minimum Gasteiger partial charge on any atom is -0.465 e. The highest BCUT2D eigenvalue weighted by Crippen LogP contribution is 2.22. The Morgan fingerprint density at radius 2 is 1.18 bits per heavy atom. The molecule has 0 aliphatic heterocycles. The van der Waals surface area contributed by atoms with Gasteiger partial charge in [-0.15, -0.1) is 0 Å². The van der Waals surface area contributed by atoms with Crippen LogP contribution >= 0.6 is 0 Å². The molecule has 0 atom stereocenters. The lowest BCUT2D eigenvalue weighted by Crippen LogP contribution is -2.40. The molecule has 1 aromatic heterocycles. The number of nitrogens with one attached hydrogen (secondary N) is 2. The van der Waals surface area contributed by atoms with E-state index >= 15 is 0 Å². The van der Waals surface area contributed by atoms with Crippen molar-refractivity contribution in [1.82, 2.24) is 4.98 Å². The molecule has 0 fully saturated rings. The monoisotopic (exact) mass is 393 g/mol. The number of rotatable bonds is 8. The van der Waals surface area contributed by atoms with Crippen LogP contribution in [0.15, 0.2) is 18.2 Å². The predicted molar refractivity (Wildman–Crippen MR) is 102 cm³/mol. The van der Waals surface area contributed by atoms with E-state index in [9.17, 15) is 19.2 Å². The molecule has 2 N–H and O–H groups in total. The lowest BCUT2D eigenvalue weighted by Gasteiger charge is -2.22. The highest BCUT2D eigenvalue weighted by molar-refractivity contribution is 6.09. The van der Waals surface area contributed by atoms with Gasteiger partial charge in [-0.1, -0.05) is 6.07 Å². The molecule has 0 radical (unpaired) electrons. The van der Waals surface area contributed by atoms with Gasteiger partial charge in [-0.2, -0.15) is 0 Å². The summed E-state index contributed by atoms with van der Waals surface area (Å²) >= 11 is 0. The fourth-order valence-electron chi connectivity index (χ4n) is 1.93. The first kappa shape index (κ1) is 23.1. The second-order valence-corrected chi connectivity index (χ2v) is 7.01. The van der Waals surface area contributed by atoms with E-state index in [4.69, 9.17) is 9.47 Å². The van der Waals surface area contributed by atoms with Crippen molar-refractivity contribution in [3.05, 3.63) is 18.2 Å². The molecule has 1 rings (SSSR count). The maximum absolute atomic E-state index is 12.4. The van der Waals surface area contributed by atoms with E-state index in [1.165, 1.54) is 39.8 Å². The van der Waals surface area contributed by atoms with Gasteiger partial charge in [0.25, 0.3) is 0 Å². The lowest BCUT2D eigenvalue weighted by atomic mass is 9.92. The van der Waals surface area contributed by atoms with E-state index in [0.717, 1.165) is 0 Å². The van der Waals surface area contributed by atoms with E-state index in [1.54, 1.807) is 19.9 Å². The van der Waals surface area contributed by atoms with Crippen molar-refractivity contribution < 1.29 is 28.7 Å². The molecule has 0 spiro atoms. The van der Waals surface area contributed by atoms with Gasteiger partial charge in [-0.05, 0) is 53.7 Å². The number of amides is 2. The number of esters is 2. The van der Waals surface area contributed by atoms with E-state index in [-0.39, 0.29) is 24.8 Å². The van der Waals surface area contributed by atoms with Crippen molar-refractivity contribution in [2.75, 3.05) is 23.8 Å². The maximum atomic E-state index is 12.4. The summed E-state index contributed by atoms with van der Waals surface area (Å²) in [6.07, 6.45) is 0. The zero-order chi connectivity index (χ0) is 21.5. The zero-order valence-electron chi connectivity index (χ0n) is 17.0. The van der Waals surface area contributed by atoms with Crippen LogP contribution in [0.3, 0.4) is 0 Å². The number of carbonyl (C=O) groups is 4. The fraction of sp³-hybridized carbons (Fsp3) is 0.526. The van der Waals surface area contributed by atoms with Crippen LogP contribution in [0.25, 0.3) is 0 Å². The quantitative estimate of drug-likeness (QED) is 0.512. The normalized spacial score (nSPS) is 11.4. The van der Waals surface area contributed by atoms with E-state index in [1.807, 2.05) is 0 Å². The third kappa shape index (κ3) is 5.51. The van der Waals surface area contributed by atoms with Gasteiger partial charge in [0.2, 0.25) is 11.8 Å². The Morgan fingerprint density at radius 3 is 1.50 bits per heavy atom. The summed E-state index contributed by atoms with van der Waals surface area (Å²) in [6.45, 7) is 9.37. The Balaban J connectivity index is 2.90. The number of aromatic nitrogens is 1. The highest BCUT2D eigenvalue weighted by atomic mass is 16.5. The molecule has 0 aromatic carbocycles. The van der Waals surface area contributed by atoms with Gasteiger partial charge in [-0.3, -0.25) is 19.2 Å². The van der Waals surface area contributed by atoms with Crippen molar-refractivity contribution >= 4 is 35.4 Å². The second-order valence-electron chi connectivity index (χ2n) is 7.01. The average Bonchev–Trinajstić information content (AvgIpc) is 2.62. The predicted octanol–water partition coefficient (Wildman–Crippen LogP) is 2.14. The first-order chi connectivity index (χ1) is 13.0. The summed E-state index contributed by atoms with van der Waals surface area (Å²) in [5.74, 6) is -2.26. The SMILES string of the molecule is CCOC(=O)C(C)(C)C(=O)Nc1cccc(NC(=O)C(C)(C)C(=O)OCC)n1. The fourth-order valence-corrected chi connectivity index (χ4v) is 1.93. The summed E-state index contributed by atoms with van der Waals surface area (Å²) in [5.41, 5.74) is -2.83. The Labute approximate surface area is 164 Å². The van der Waals surface area contributed by atoms with Gasteiger partial charge >= 0.3 is 11.9 Å². The number of nitrogens with zero attached hydrogens (tertiary/aromatic N) is 1. The lowest BCUT2D eigenvalue weighted by molar-refractivity contribution is -0.158. The molecule has 2 amide bonds. The Bertz CT molecular complexity index is 699. The molecule has 0 saturated carbocycles. The number of pyridine rings is 1. The Hall–Kier alpha value is -2.97. The Morgan fingerprint density at radius 1 is 0.821 bits per heavy atom. The number of anilines is 2. The minimum absolute atomic E-state index is 0.133. The summed E-state index contributed by atoms with van der Waals surface area (Å²) in [4.78, 5) is 52.8. The number of hydrogen-bond acceptors (Lipinski definition) is 7. The molecule has 0 aliphatic rings. The molecular weight excluding hydrogens is 366 g/mol. The van der Waals surface area contributed by atoms with Crippen LogP contribution in [0.2, 0.25) is 0 Å². The number of carbonyl (C=O) groups excluding carboxylic acids is 4. The largest absolute Gasteiger partial charge is 0.465 e. The first-order valence-electron chi connectivity index (χ1n) is 8.91. The first-order valence-corrected chi connectivity index (χ1v) is 8.91. The average molecular weight is 393 g/mol. The van der Waals surface area contributed by atoms with Crippen molar-refractivity contribution in [1.29, 1.82) is 0 Å². The smallest absolute Gasteiger partial charge is 0.321 e. The highest BCUT2D eigenvalue weighted by Gasteiger charge is 2.39. The van der Waals surface area contributed by atoms with Crippen molar-refractivity contribution in [2.24, 2.45) is 10.8 Å². The van der Waals surface area contributed by atoms with E-state index in [2.05, 4.69) is 15.6 Å². The molecule has 9 nitrogen and oxygen atoms in total. The number of hydrogen-bond donors (Lipinski definition) is 2. The zero-order valence-corrected chi connectivity index (χ0v) is 17.0. The van der Waals surface area contributed by atoms with E-state index < -0.39 is 34.6 Å². The van der Waals surface area contributed by atoms with Gasteiger partial charge in [0.05, 0.1) is 13.2 Å². The molecule has 1 aromatic rings. The van der Waals surface area contributed by atoms with Gasteiger partial charge in [-0.25, -0.2) is 4.98 Å². The van der Waals surface area contributed by atoms with E-state index in [0.29, 0.717) is 0 Å². The molecule has 0 unspecified atom stereocenters. The van der Waals surface area contributed by atoms with Gasteiger partial charge in [0.1, 0.15) is 22.5 Å². The molecular formula is C19H27N3O6. The summed E-state index contributed by atoms with van der Waals surface area (Å²) in [5, 5.41) is 5.05. The van der Waals surface area contributed by atoms with Crippen molar-refractivity contribution in [2.45, 2.75) is 41.5 Å². The summed E-state index contributed by atoms with van der Waals surface area (Å²) in [7, 11) is 0. The molecule has 9 heteroatoms. The second kappa shape index (κ2) is 9.29. The third-order valence-electron chi connectivity index (χ3n) is 3.94. The molecule has 154 valence electrons. The van der Waals surface area contributed by atoms with Crippen molar-refractivity contribution in [3.63, 3.8) is 0 Å². The minimum atomic E-state index is -1.41. The molecule has 28 heavy (non-hydrogen) atoms. The topological polar surface area (TPSA) is 124 Å². The van der Waals surface area contributed by atoms with Crippen LogP contribution in [0.5, 0.6) is 0 Å². The summed E-state index contributed by atoms with van der Waals surface area (Å²) < 4.78 is 9.80. The van der Waals surface area contributed by atoms with Gasteiger partial charge in [0.15, 0.2) is 0 Å². The summed E-state index contributed by atoms with van der Waals surface area (Å²) in [6, 6.07) is 4.57. The van der Waals surface area contributed by atoms with Gasteiger partial charge in [0, 0.05) is 0 Å². The maximum Gasteiger partial charge on any atom is 0.321 e. The Kier molecular flexibility index (Phi) is 7.66. The third-order valence-corrected chi connectivity index (χ3v) is 3.94. The van der Waals surface area contributed by atoms with Crippen LogP contribution in [0, 0.1) is 10.8 Å². The van der Waals surface area contributed by atoms with Gasteiger partial charge < -0.3 is 20.1 Å². The van der Waals surface area contributed by atoms with Crippen LogP contribution < -0.4 is 10.6 Å². The number of ether oxygens (including phenoxy) is 2. The molecule has 0 bridgehead atoms. The standard InChI is InChI=1S/C19H27N3O6/c1-7-27-16(25)18(3,4)14(23)21-12-10-9-11-13(20-12)22-15(24)19(5,6)17(26)28-8-2/h9-11H,7-8H2,1-6H3,(H2,20,21,22,23,24). The van der Waals surface area contributed by atoms with Crippen LogP contribution in [0.1, 0.15) is 41.5 Å². The molecule has 0 aliphatic carbocycles. The van der Waals surface area contributed by atoms with Crippen LogP contribution in [-0.2, 0) is 28.7 Å². The molecule has 1 heterocycles. The molecule has 0 saturated heterocycles. The van der Waals surface area contributed by atoms with Crippen LogP contribution in [0.4, 0.5) is 11.6 Å². The van der Waals surface area contributed by atoms with Crippen LogP contribution in [-0.4, -0.2) is 42.0 Å². The van der Waals surface area contributed by atoms with Crippen molar-refractivity contribution in [3.8, 4) is 0 Å².